The van der Waals surface area contributed by atoms with Crippen LogP contribution in [0.4, 0.5) is 35.5 Å². The predicted molar refractivity (Wildman–Crippen MR) is 122 cm³/mol. The molecule has 0 aromatic heterocycles. The van der Waals surface area contributed by atoms with Crippen LogP contribution in [0.3, 0.4) is 0 Å². The van der Waals surface area contributed by atoms with E-state index in [9.17, 15) is 49.1 Å². The largest absolute Gasteiger partial charge is 0.430 e. The molecule has 2 amide bonds. The van der Waals surface area contributed by atoms with Gasteiger partial charge in [-0.2, -0.15) is 26.3 Å². The van der Waals surface area contributed by atoms with E-state index in [-0.39, 0.29) is 49.7 Å². The molecule has 1 N–H and O–H groups in total. The number of hydrogen-bond acceptors (Lipinski definition) is 5. The number of alkyl halides is 6. The monoisotopic (exact) mass is 584 g/mol. The molecule has 1 atom stereocenters. The van der Waals surface area contributed by atoms with E-state index in [1.807, 2.05) is 0 Å². The Morgan fingerprint density at radius 2 is 1.38 bits per heavy atom. The minimum Gasteiger partial charge on any atom is -0.378 e. The molecule has 214 valence electrons. The highest BCUT2D eigenvalue weighted by Gasteiger charge is 2.71. The van der Waals surface area contributed by atoms with E-state index in [0.29, 0.717) is 12.1 Å². The van der Waals surface area contributed by atoms with Crippen molar-refractivity contribution < 1.29 is 53.8 Å². The van der Waals surface area contributed by atoms with E-state index in [0.717, 1.165) is 36.4 Å². The molecule has 1 unspecified atom stereocenters. The van der Waals surface area contributed by atoms with Crippen LogP contribution in [0.25, 0.3) is 0 Å². The lowest BCUT2D eigenvalue weighted by molar-refractivity contribution is -0.376. The summed E-state index contributed by atoms with van der Waals surface area (Å²) in [5, 5.41) is 9.73. The summed E-state index contributed by atoms with van der Waals surface area (Å²) in [6.45, 7) is 0.464. The first-order valence-electron chi connectivity index (χ1n) is 11.6. The van der Waals surface area contributed by atoms with Gasteiger partial charge in [0.2, 0.25) is 0 Å². The van der Waals surface area contributed by atoms with E-state index >= 15 is 0 Å². The number of likely N-dealkylation sites (tertiary alicyclic amines) is 1. The minimum atomic E-state index is -6.13. The number of carbonyl (C=O) groups excluding carboxylic acids is 1. The Hall–Kier alpha value is -2.91. The smallest absolute Gasteiger partial charge is 0.378 e. The molecule has 0 bridgehead atoms. The van der Waals surface area contributed by atoms with Crippen molar-refractivity contribution in [2.24, 2.45) is 0 Å². The number of aliphatic hydroxyl groups is 1. The average Bonchev–Trinajstić information content (AvgIpc) is 3.35. The molecule has 2 saturated heterocycles. The van der Waals surface area contributed by atoms with Gasteiger partial charge in [-0.05, 0) is 36.2 Å². The Balaban J connectivity index is 1.80. The molecule has 15 heteroatoms. The summed E-state index contributed by atoms with van der Waals surface area (Å²) in [6, 6.07) is 5.51. The Kier molecular flexibility index (Phi) is 7.40. The van der Waals surface area contributed by atoms with E-state index in [1.54, 1.807) is 0 Å². The number of nitrogens with zero attached hydrogens (tertiary/aromatic N) is 2. The van der Waals surface area contributed by atoms with Crippen molar-refractivity contribution in [3.05, 3.63) is 65.5 Å². The van der Waals surface area contributed by atoms with Crippen molar-refractivity contribution in [1.82, 2.24) is 9.80 Å². The van der Waals surface area contributed by atoms with Gasteiger partial charge in [0.05, 0.1) is 18.1 Å². The fourth-order valence-electron chi connectivity index (χ4n) is 4.85. The number of ether oxygens (including phenoxy) is 1. The Labute approximate surface area is 218 Å². The number of hydrogen-bond donors (Lipinski definition) is 1. The molecule has 2 aliphatic rings. The van der Waals surface area contributed by atoms with Crippen LogP contribution in [-0.4, -0.2) is 81.1 Å². The minimum absolute atomic E-state index is 0.0899. The first-order chi connectivity index (χ1) is 18.0. The number of morpholine rings is 1. The maximum absolute atomic E-state index is 13.9. The fourth-order valence-corrected chi connectivity index (χ4v) is 6.93. The molecule has 2 aromatic carbocycles. The van der Waals surface area contributed by atoms with Crippen LogP contribution in [0.5, 0.6) is 0 Å². The molecular weight excluding hydrogens is 561 g/mol. The first kappa shape index (κ1) is 29.1. The van der Waals surface area contributed by atoms with Gasteiger partial charge in [-0.25, -0.2) is 17.6 Å². The number of rotatable bonds is 4. The molecule has 0 spiro atoms. The maximum atomic E-state index is 13.9. The van der Waals surface area contributed by atoms with Crippen LogP contribution in [0.1, 0.15) is 17.5 Å². The van der Waals surface area contributed by atoms with Gasteiger partial charge in [0.15, 0.2) is 9.84 Å². The zero-order valence-electron chi connectivity index (χ0n) is 20.1. The Morgan fingerprint density at radius 1 is 0.846 bits per heavy atom. The molecule has 4 rings (SSSR count). The molecule has 7 nitrogen and oxygen atoms in total. The van der Waals surface area contributed by atoms with Gasteiger partial charge in [0.1, 0.15) is 10.6 Å². The highest BCUT2D eigenvalue weighted by molar-refractivity contribution is 7.92. The van der Waals surface area contributed by atoms with Crippen LogP contribution in [0.2, 0.25) is 0 Å². The van der Waals surface area contributed by atoms with Gasteiger partial charge in [0, 0.05) is 31.7 Å². The van der Waals surface area contributed by atoms with Crippen LogP contribution < -0.4 is 0 Å². The third-order valence-electron chi connectivity index (χ3n) is 7.07. The molecule has 2 aromatic rings. The van der Waals surface area contributed by atoms with E-state index in [2.05, 4.69) is 0 Å². The molecule has 0 saturated carbocycles. The van der Waals surface area contributed by atoms with Crippen molar-refractivity contribution in [3.8, 4) is 0 Å². The van der Waals surface area contributed by atoms with Gasteiger partial charge in [-0.15, -0.1) is 0 Å². The fraction of sp³-hybridized carbons (Fsp3) is 0.458. The van der Waals surface area contributed by atoms with Gasteiger partial charge in [0.25, 0.3) is 5.60 Å². The zero-order chi connectivity index (χ0) is 28.9. The van der Waals surface area contributed by atoms with Gasteiger partial charge in [-0.1, -0.05) is 24.3 Å². The topological polar surface area (TPSA) is 87.2 Å². The lowest BCUT2D eigenvalue weighted by Gasteiger charge is -2.34. The van der Waals surface area contributed by atoms with Crippen LogP contribution in [0, 0.1) is 5.82 Å². The van der Waals surface area contributed by atoms with Crippen molar-refractivity contribution in [3.63, 3.8) is 0 Å². The number of carbonyl (C=O) groups is 1. The summed E-state index contributed by atoms with van der Waals surface area (Å²) in [5.74, 6) is -0.735. The quantitative estimate of drug-likeness (QED) is 0.435. The summed E-state index contributed by atoms with van der Waals surface area (Å²) in [6.07, 6.45) is -12.5. The first-order valence-corrected chi connectivity index (χ1v) is 13.1. The zero-order valence-corrected chi connectivity index (χ0v) is 20.9. The Morgan fingerprint density at radius 3 is 1.90 bits per heavy atom. The number of benzene rings is 2. The lowest BCUT2D eigenvalue weighted by atomic mass is 9.89. The van der Waals surface area contributed by atoms with E-state index in [1.165, 1.54) is 9.80 Å². The van der Waals surface area contributed by atoms with E-state index in [4.69, 9.17) is 4.74 Å². The van der Waals surface area contributed by atoms with Gasteiger partial charge < -0.3 is 19.6 Å². The standard InChI is InChI=1S/C24H23F7N2O5S/c25-18-5-7-19(8-6-18)39(36,37)21(9-10-33(15-21)20(34)32-11-13-38-14-12-32)16-1-3-17(4-2-16)22(35,23(26,27)28)24(29,30)31/h1-8,35H,9-15H2. The Bertz CT molecular complexity index is 1290. The van der Waals surface area contributed by atoms with Crippen LogP contribution in [0.15, 0.2) is 53.4 Å². The van der Waals surface area contributed by atoms with Crippen LogP contribution in [-0.2, 0) is 24.9 Å². The molecule has 2 heterocycles. The third kappa shape index (κ3) is 4.84. The second-order valence-electron chi connectivity index (χ2n) is 9.29. The van der Waals surface area contributed by atoms with Crippen molar-refractivity contribution in [1.29, 1.82) is 0 Å². The summed E-state index contributed by atoms with van der Waals surface area (Å²) >= 11 is 0. The molecule has 39 heavy (non-hydrogen) atoms. The molecule has 0 aliphatic carbocycles. The number of halogens is 7. The number of sulfone groups is 1. The number of urea groups is 1. The van der Waals surface area contributed by atoms with Gasteiger partial charge >= 0.3 is 18.4 Å². The molecule has 2 fully saturated rings. The van der Waals surface area contributed by atoms with Gasteiger partial charge in [-0.3, -0.25) is 0 Å². The predicted octanol–water partition coefficient (Wildman–Crippen LogP) is 3.97. The molecule has 0 radical (unpaired) electrons. The summed E-state index contributed by atoms with van der Waals surface area (Å²) in [5.41, 5.74) is -6.95. The average molecular weight is 585 g/mol. The maximum Gasteiger partial charge on any atom is 0.430 e. The number of amides is 2. The molecule has 2 aliphatic heterocycles. The van der Waals surface area contributed by atoms with Crippen molar-refractivity contribution in [2.75, 3.05) is 39.4 Å². The summed E-state index contributed by atoms with van der Waals surface area (Å²) in [4.78, 5) is 15.4. The summed E-state index contributed by atoms with van der Waals surface area (Å²) < 4.78 is 125. The van der Waals surface area contributed by atoms with E-state index < -0.39 is 56.5 Å². The molecular formula is C24H23F7N2O5S. The SMILES string of the molecule is O=C(N1CCOCC1)N1CCC(c2ccc(C(O)(C(F)(F)F)C(F)(F)F)cc2)(S(=O)(=O)c2ccc(F)cc2)C1. The van der Waals surface area contributed by atoms with Crippen LogP contribution >= 0.6 is 0 Å². The second-order valence-corrected chi connectivity index (χ2v) is 11.5. The second kappa shape index (κ2) is 9.93. The van der Waals surface area contributed by atoms with Crippen molar-refractivity contribution >= 4 is 15.9 Å². The van der Waals surface area contributed by atoms with Crippen molar-refractivity contribution in [2.45, 2.75) is 34.0 Å². The third-order valence-corrected chi connectivity index (χ3v) is 9.56. The highest BCUT2D eigenvalue weighted by atomic mass is 32.2. The highest BCUT2D eigenvalue weighted by Crippen LogP contribution is 2.51. The summed E-state index contributed by atoms with van der Waals surface area (Å²) in [7, 11) is -4.48. The normalized spacial score (nSPS) is 21.3. The lowest BCUT2D eigenvalue weighted by Crippen LogP contribution is -2.54.